The van der Waals surface area contributed by atoms with Gasteiger partial charge >= 0.3 is 0 Å². The van der Waals surface area contributed by atoms with Gasteiger partial charge in [-0.05, 0) is 36.6 Å². The number of nitro groups is 1. The highest BCUT2D eigenvalue weighted by molar-refractivity contribution is 7.18. The number of nitro benzene ring substituents is 1. The minimum absolute atomic E-state index is 0.0171. The second-order valence-corrected chi connectivity index (χ2v) is 7.89. The molecule has 0 saturated carbocycles. The number of nitrogens with zero attached hydrogens (tertiary/aromatic N) is 3. The van der Waals surface area contributed by atoms with E-state index in [0.29, 0.717) is 12.1 Å². The number of piperidine rings is 1. The molecule has 0 radical (unpaired) electrons. The van der Waals surface area contributed by atoms with Crippen LogP contribution in [0.15, 0.2) is 54.6 Å². The van der Waals surface area contributed by atoms with Gasteiger partial charge in [0.25, 0.3) is 5.69 Å². The average Bonchev–Trinajstić information content (AvgIpc) is 3.16. The van der Waals surface area contributed by atoms with Crippen molar-refractivity contribution in [3.8, 4) is 0 Å². The lowest BCUT2D eigenvalue weighted by atomic mass is 9.98. The molecule has 28 heavy (non-hydrogen) atoms. The number of carbonyl (C=O) groups excluding carboxylic acids is 1. The van der Waals surface area contributed by atoms with Crippen molar-refractivity contribution in [3.63, 3.8) is 0 Å². The molecule has 4 rings (SSSR count). The molecule has 3 aromatic rings. The SMILES string of the molecule is O=C(/C=C/c1cccc([N+](=O)[O-])c1)N1CCC[C@H](c2nc3ccccc3s2)C1. The van der Waals surface area contributed by atoms with Crippen molar-refractivity contribution in [1.29, 1.82) is 0 Å². The van der Waals surface area contributed by atoms with E-state index >= 15 is 0 Å². The Morgan fingerprint density at radius 3 is 2.93 bits per heavy atom. The number of non-ortho nitro benzene ring substituents is 1. The predicted molar refractivity (Wildman–Crippen MR) is 110 cm³/mol. The second-order valence-electron chi connectivity index (χ2n) is 6.83. The summed E-state index contributed by atoms with van der Waals surface area (Å²) in [6.45, 7) is 1.37. The summed E-state index contributed by atoms with van der Waals surface area (Å²) in [6, 6.07) is 14.4. The molecule has 0 unspecified atom stereocenters. The van der Waals surface area contributed by atoms with Crippen LogP contribution < -0.4 is 0 Å². The molecule has 7 heteroatoms. The summed E-state index contributed by atoms with van der Waals surface area (Å²) in [5.41, 5.74) is 1.67. The maximum Gasteiger partial charge on any atom is 0.270 e. The molecule has 142 valence electrons. The third-order valence-corrected chi connectivity index (χ3v) is 6.09. The third kappa shape index (κ3) is 3.94. The van der Waals surface area contributed by atoms with Crippen LogP contribution in [0.2, 0.25) is 0 Å². The van der Waals surface area contributed by atoms with Gasteiger partial charge in [-0.3, -0.25) is 14.9 Å². The van der Waals surface area contributed by atoms with Crippen LogP contribution in [-0.2, 0) is 4.79 Å². The third-order valence-electron chi connectivity index (χ3n) is 4.89. The monoisotopic (exact) mass is 393 g/mol. The van der Waals surface area contributed by atoms with E-state index in [1.165, 1.54) is 22.9 Å². The van der Waals surface area contributed by atoms with E-state index in [9.17, 15) is 14.9 Å². The lowest BCUT2D eigenvalue weighted by Gasteiger charge is -2.31. The molecular weight excluding hydrogens is 374 g/mol. The van der Waals surface area contributed by atoms with Crippen LogP contribution in [0.4, 0.5) is 5.69 Å². The minimum atomic E-state index is -0.438. The van der Waals surface area contributed by atoms with Crippen molar-refractivity contribution < 1.29 is 9.72 Å². The average molecular weight is 393 g/mol. The topological polar surface area (TPSA) is 76.3 Å². The molecule has 1 atom stereocenters. The molecule has 0 N–H and O–H groups in total. The molecule has 2 heterocycles. The number of hydrogen-bond acceptors (Lipinski definition) is 5. The molecule has 1 amide bonds. The fourth-order valence-electron chi connectivity index (χ4n) is 3.46. The molecule has 1 saturated heterocycles. The lowest BCUT2D eigenvalue weighted by molar-refractivity contribution is -0.384. The molecule has 0 aliphatic carbocycles. The number of amides is 1. The van der Waals surface area contributed by atoms with Gasteiger partial charge in [-0.1, -0.05) is 24.3 Å². The van der Waals surface area contributed by atoms with Crippen molar-refractivity contribution in [2.24, 2.45) is 0 Å². The summed E-state index contributed by atoms with van der Waals surface area (Å²) < 4.78 is 1.17. The van der Waals surface area contributed by atoms with Gasteiger partial charge in [0.05, 0.1) is 20.1 Å². The summed E-state index contributed by atoms with van der Waals surface area (Å²) in [4.78, 5) is 29.7. The van der Waals surface area contributed by atoms with E-state index in [-0.39, 0.29) is 17.5 Å². The van der Waals surface area contributed by atoms with Gasteiger partial charge in [-0.15, -0.1) is 11.3 Å². The van der Waals surface area contributed by atoms with Gasteiger partial charge in [-0.25, -0.2) is 4.98 Å². The van der Waals surface area contributed by atoms with Crippen molar-refractivity contribution in [2.45, 2.75) is 18.8 Å². The zero-order valence-corrected chi connectivity index (χ0v) is 16.0. The Labute approximate surface area is 166 Å². The maximum absolute atomic E-state index is 12.6. The molecule has 0 spiro atoms. The molecule has 6 nitrogen and oxygen atoms in total. The summed E-state index contributed by atoms with van der Waals surface area (Å²) in [7, 11) is 0. The number of hydrogen-bond donors (Lipinski definition) is 0. The molecule has 2 aromatic carbocycles. The van der Waals surface area contributed by atoms with Crippen LogP contribution in [0.1, 0.15) is 29.3 Å². The molecule has 1 aliphatic heterocycles. The smallest absolute Gasteiger partial charge is 0.270 e. The highest BCUT2D eigenvalue weighted by atomic mass is 32.1. The first-order valence-electron chi connectivity index (χ1n) is 9.17. The Morgan fingerprint density at radius 1 is 1.25 bits per heavy atom. The Balaban J connectivity index is 1.46. The van der Waals surface area contributed by atoms with E-state index in [4.69, 9.17) is 4.98 Å². The van der Waals surface area contributed by atoms with Crippen LogP contribution in [-0.4, -0.2) is 33.8 Å². The van der Waals surface area contributed by atoms with E-state index in [1.807, 2.05) is 23.1 Å². The van der Waals surface area contributed by atoms with Crippen molar-refractivity contribution in [2.75, 3.05) is 13.1 Å². The van der Waals surface area contributed by atoms with Crippen molar-refractivity contribution >= 4 is 39.2 Å². The summed E-state index contributed by atoms with van der Waals surface area (Å²) in [5.74, 6) is 0.179. The van der Waals surface area contributed by atoms with E-state index in [1.54, 1.807) is 29.5 Å². The van der Waals surface area contributed by atoms with Gasteiger partial charge in [-0.2, -0.15) is 0 Å². The minimum Gasteiger partial charge on any atom is -0.338 e. The number of carbonyl (C=O) groups is 1. The fraction of sp³-hybridized carbons (Fsp3) is 0.238. The Hall–Kier alpha value is -3.06. The maximum atomic E-state index is 12.6. The Bertz CT molecular complexity index is 1030. The lowest BCUT2D eigenvalue weighted by Crippen LogP contribution is -2.38. The van der Waals surface area contributed by atoms with E-state index < -0.39 is 4.92 Å². The highest BCUT2D eigenvalue weighted by Gasteiger charge is 2.26. The number of para-hydroxylation sites is 1. The van der Waals surface area contributed by atoms with Crippen molar-refractivity contribution in [1.82, 2.24) is 9.88 Å². The second kappa shape index (κ2) is 7.90. The summed E-state index contributed by atoms with van der Waals surface area (Å²) >= 11 is 1.70. The van der Waals surface area contributed by atoms with E-state index in [0.717, 1.165) is 29.9 Å². The molecule has 1 fully saturated rings. The van der Waals surface area contributed by atoms with Gasteiger partial charge < -0.3 is 4.90 Å². The van der Waals surface area contributed by atoms with Crippen LogP contribution in [0, 0.1) is 10.1 Å². The van der Waals surface area contributed by atoms with Gasteiger partial charge in [0.1, 0.15) is 0 Å². The number of fused-ring (bicyclic) bond motifs is 1. The summed E-state index contributed by atoms with van der Waals surface area (Å²) in [5, 5.41) is 12.0. The Morgan fingerprint density at radius 2 is 2.11 bits per heavy atom. The zero-order valence-electron chi connectivity index (χ0n) is 15.2. The predicted octanol–water partition coefficient (Wildman–Crippen LogP) is 4.62. The number of aromatic nitrogens is 1. The fourth-order valence-corrected chi connectivity index (χ4v) is 4.55. The van der Waals surface area contributed by atoms with Crippen molar-refractivity contribution in [3.05, 3.63) is 75.3 Å². The molecule has 0 bridgehead atoms. The normalized spacial score (nSPS) is 17.3. The van der Waals surface area contributed by atoms with Gasteiger partial charge in [0.15, 0.2) is 0 Å². The first kappa shape index (κ1) is 18.3. The largest absolute Gasteiger partial charge is 0.338 e. The van der Waals surface area contributed by atoms with Crippen LogP contribution >= 0.6 is 11.3 Å². The first-order chi connectivity index (χ1) is 13.6. The standard InChI is InChI=1S/C21H19N3O3S/c25-20(11-10-15-5-3-7-17(13-15)24(26)27)23-12-4-6-16(14-23)21-22-18-8-1-2-9-19(18)28-21/h1-3,5,7-11,13,16H,4,6,12,14H2/b11-10+/t16-/m0/s1. The van der Waals surface area contributed by atoms with Crippen LogP contribution in [0.3, 0.4) is 0 Å². The molecular formula is C21H19N3O3S. The quantitative estimate of drug-likeness (QED) is 0.368. The van der Waals surface area contributed by atoms with E-state index in [2.05, 4.69) is 6.07 Å². The molecule has 1 aliphatic rings. The number of thiazole rings is 1. The van der Waals surface area contributed by atoms with Crippen LogP contribution in [0.5, 0.6) is 0 Å². The Kier molecular flexibility index (Phi) is 5.16. The number of rotatable bonds is 4. The number of likely N-dealkylation sites (tertiary alicyclic amines) is 1. The van der Waals surface area contributed by atoms with Gasteiger partial charge in [0, 0.05) is 37.2 Å². The zero-order chi connectivity index (χ0) is 19.5. The number of benzene rings is 2. The molecule has 1 aromatic heterocycles. The van der Waals surface area contributed by atoms with Crippen LogP contribution in [0.25, 0.3) is 16.3 Å². The first-order valence-corrected chi connectivity index (χ1v) is 9.99. The van der Waals surface area contributed by atoms with Gasteiger partial charge in [0.2, 0.25) is 5.91 Å². The highest BCUT2D eigenvalue weighted by Crippen LogP contribution is 2.33. The summed E-state index contributed by atoms with van der Waals surface area (Å²) in [6.07, 6.45) is 5.10.